The summed E-state index contributed by atoms with van der Waals surface area (Å²) in [6.45, 7) is 3.85. The lowest BCUT2D eigenvalue weighted by Gasteiger charge is -2.03. The van der Waals surface area contributed by atoms with Gasteiger partial charge in [-0.05, 0) is 13.8 Å². The fraction of sp³-hybridized carbons (Fsp3) is 0.800. The molecule has 1 amide bonds. The van der Waals surface area contributed by atoms with Crippen molar-refractivity contribution in [2.75, 3.05) is 6.61 Å². The Labute approximate surface area is 48.8 Å². The smallest absolute Gasteiger partial charge is 0.267 e. The number of ether oxygens (including phenoxy) is 1. The lowest BCUT2D eigenvalue weighted by Crippen LogP contribution is -2.20. The van der Waals surface area contributed by atoms with E-state index in [1.165, 1.54) is 0 Å². The Morgan fingerprint density at radius 2 is 2.38 bits per heavy atom. The molecule has 0 saturated heterocycles. The summed E-state index contributed by atoms with van der Waals surface area (Å²) in [5.41, 5.74) is 6.52. The molecule has 1 radical (unpaired) electrons. The maximum Gasteiger partial charge on any atom is 0.267 e. The summed E-state index contributed by atoms with van der Waals surface area (Å²) < 4.78 is 4.77. The summed E-state index contributed by atoms with van der Waals surface area (Å²) in [7, 11) is 0. The Morgan fingerprint density at radius 1 is 1.88 bits per heavy atom. The van der Waals surface area contributed by atoms with E-state index in [1.807, 2.05) is 0 Å². The monoisotopic (exact) mass is 116 g/mol. The molecule has 47 valence electrons. The van der Waals surface area contributed by atoms with E-state index in [4.69, 9.17) is 10.5 Å². The van der Waals surface area contributed by atoms with Crippen molar-refractivity contribution in [2.24, 2.45) is 0 Å². The molecule has 1 N–H and O–H groups in total. The molecule has 0 aliphatic carbocycles. The van der Waals surface area contributed by atoms with Crippen molar-refractivity contribution in [3.05, 3.63) is 0 Å². The van der Waals surface area contributed by atoms with Gasteiger partial charge in [-0.1, -0.05) is 0 Å². The van der Waals surface area contributed by atoms with E-state index in [1.54, 1.807) is 13.8 Å². The second-order valence-corrected chi connectivity index (χ2v) is 1.46. The van der Waals surface area contributed by atoms with Crippen LogP contribution >= 0.6 is 0 Å². The highest BCUT2D eigenvalue weighted by molar-refractivity contribution is 5.77. The Balaban J connectivity index is 3.32. The molecule has 0 rings (SSSR count). The maximum atomic E-state index is 10.1. The normalized spacial score (nSPS) is 13.2. The van der Waals surface area contributed by atoms with Gasteiger partial charge in [0.15, 0.2) is 0 Å². The van der Waals surface area contributed by atoms with Gasteiger partial charge in [0.2, 0.25) is 0 Å². The van der Waals surface area contributed by atoms with Gasteiger partial charge in [0.1, 0.15) is 6.10 Å². The number of hydrogen-bond acceptors (Lipinski definition) is 2. The lowest BCUT2D eigenvalue weighted by molar-refractivity contribution is -0.128. The SMILES string of the molecule is CCOC(C)C([NH])=O. The van der Waals surface area contributed by atoms with E-state index in [9.17, 15) is 4.79 Å². The molecule has 0 spiro atoms. The van der Waals surface area contributed by atoms with Crippen LogP contribution in [0.4, 0.5) is 0 Å². The summed E-state index contributed by atoms with van der Waals surface area (Å²) >= 11 is 0. The van der Waals surface area contributed by atoms with E-state index in [2.05, 4.69) is 0 Å². The third-order valence-corrected chi connectivity index (χ3v) is 0.786. The van der Waals surface area contributed by atoms with Crippen LogP contribution in [-0.4, -0.2) is 18.6 Å². The molecule has 3 heteroatoms. The van der Waals surface area contributed by atoms with Crippen LogP contribution in [0.25, 0.3) is 0 Å². The van der Waals surface area contributed by atoms with Crippen LogP contribution in [0.1, 0.15) is 13.8 Å². The molecule has 0 fully saturated rings. The molecule has 8 heavy (non-hydrogen) atoms. The minimum atomic E-state index is -0.660. The molecule has 0 bridgehead atoms. The first-order chi connectivity index (χ1) is 3.68. The predicted octanol–water partition coefficient (Wildman–Crippen LogP) is 0.221. The van der Waals surface area contributed by atoms with Gasteiger partial charge < -0.3 is 4.74 Å². The van der Waals surface area contributed by atoms with Crippen LogP contribution < -0.4 is 5.73 Å². The van der Waals surface area contributed by atoms with Crippen molar-refractivity contribution in [3.8, 4) is 0 Å². The highest BCUT2D eigenvalue weighted by atomic mass is 16.5. The first-order valence-corrected chi connectivity index (χ1v) is 2.55. The summed E-state index contributed by atoms with van der Waals surface area (Å²) in [5, 5.41) is 0. The number of nitrogens with one attached hydrogen (secondary N) is 1. The van der Waals surface area contributed by atoms with E-state index in [-0.39, 0.29) is 0 Å². The quantitative estimate of drug-likeness (QED) is 0.529. The fourth-order valence-electron chi connectivity index (χ4n) is 0.326. The van der Waals surface area contributed by atoms with E-state index in [0.29, 0.717) is 6.61 Å². The zero-order valence-corrected chi connectivity index (χ0v) is 5.10. The van der Waals surface area contributed by atoms with E-state index in [0.717, 1.165) is 0 Å². The van der Waals surface area contributed by atoms with Crippen molar-refractivity contribution in [3.63, 3.8) is 0 Å². The Hall–Kier alpha value is -0.570. The van der Waals surface area contributed by atoms with Crippen molar-refractivity contribution >= 4 is 5.91 Å². The molecule has 0 aromatic rings. The zero-order chi connectivity index (χ0) is 6.57. The van der Waals surface area contributed by atoms with Gasteiger partial charge in [0.05, 0.1) is 0 Å². The van der Waals surface area contributed by atoms with Crippen molar-refractivity contribution in [2.45, 2.75) is 20.0 Å². The van der Waals surface area contributed by atoms with Crippen molar-refractivity contribution in [1.29, 1.82) is 0 Å². The zero-order valence-electron chi connectivity index (χ0n) is 5.10. The van der Waals surface area contributed by atoms with Gasteiger partial charge in [-0.15, -0.1) is 0 Å². The molecule has 0 saturated carbocycles. The highest BCUT2D eigenvalue weighted by Gasteiger charge is 2.06. The molecule has 0 heterocycles. The van der Waals surface area contributed by atoms with Gasteiger partial charge in [0.25, 0.3) is 5.91 Å². The fourth-order valence-corrected chi connectivity index (χ4v) is 0.326. The average Bonchev–Trinajstić information content (AvgIpc) is 1.67. The minimum Gasteiger partial charge on any atom is -0.369 e. The predicted molar refractivity (Wildman–Crippen MR) is 29.2 cm³/mol. The Bertz CT molecular complexity index is 82.5. The summed E-state index contributed by atoms with van der Waals surface area (Å²) in [6, 6.07) is 0. The molecule has 1 atom stereocenters. The Morgan fingerprint density at radius 3 is 2.50 bits per heavy atom. The molecular weight excluding hydrogens is 106 g/mol. The maximum absolute atomic E-state index is 10.1. The van der Waals surface area contributed by atoms with Gasteiger partial charge >= 0.3 is 0 Å². The van der Waals surface area contributed by atoms with Crippen molar-refractivity contribution in [1.82, 2.24) is 5.73 Å². The van der Waals surface area contributed by atoms with Crippen LogP contribution in [0, 0.1) is 0 Å². The topological polar surface area (TPSA) is 50.1 Å². The summed E-state index contributed by atoms with van der Waals surface area (Å²) in [5.74, 6) is -0.660. The number of hydrogen-bond donors (Lipinski definition) is 0. The van der Waals surface area contributed by atoms with Crippen LogP contribution in [0.5, 0.6) is 0 Å². The largest absolute Gasteiger partial charge is 0.369 e. The van der Waals surface area contributed by atoms with Gasteiger partial charge in [-0.3, -0.25) is 10.5 Å². The standard InChI is InChI=1S/C5H10NO2/c1-3-8-4(2)5(6)7/h4,6H,3H2,1-2H3. The first-order valence-electron chi connectivity index (χ1n) is 2.55. The average molecular weight is 116 g/mol. The molecule has 3 nitrogen and oxygen atoms in total. The number of amides is 1. The molecule has 0 aliphatic heterocycles. The second kappa shape index (κ2) is 3.43. The molecular formula is C5H10NO2. The van der Waals surface area contributed by atoms with Gasteiger partial charge in [-0.25, -0.2) is 0 Å². The number of carbonyl (C=O) groups is 1. The summed E-state index contributed by atoms with van der Waals surface area (Å²) in [6.07, 6.45) is -0.556. The van der Waals surface area contributed by atoms with Crippen LogP contribution in [-0.2, 0) is 9.53 Å². The summed E-state index contributed by atoms with van der Waals surface area (Å²) in [4.78, 5) is 10.1. The second-order valence-electron chi connectivity index (χ2n) is 1.46. The molecule has 0 aromatic carbocycles. The van der Waals surface area contributed by atoms with Gasteiger partial charge in [0, 0.05) is 6.61 Å². The number of rotatable bonds is 3. The Kier molecular flexibility index (Phi) is 3.19. The van der Waals surface area contributed by atoms with E-state index >= 15 is 0 Å². The van der Waals surface area contributed by atoms with Crippen LogP contribution in [0.2, 0.25) is 0 Å². The molecule has 0 aromatic heterocycles. The lowest BCUT2D eigenvalue weighted by atomic mass is 10.4. The van der Waals surface area contributed by atoms with Crippen LogP contribution in [0.15, 0.2) is 0 Å². The third-order valence-electron chi connectivity index (χ3n) is 0.786. The van der Waals surface area contributed by atoms with E-state index < -0.39 is 12.0 Å². The first kappa shape index (κ1) is 7.43. The van der Waals surface area contributed by atoms with Crippen molar-refractivity contribution < 1.29 is 9.53 Å². The molecule has 1 unspecified atom stereocenters. The molecule has 0 aliphatic rings. The van der Waals surface area contributed by atoms with Gasteiger partial charge in [-0.2, -0.15) is 0 Å². The van der Waals surface area contributed by atoms with Crippen LogP contribution in [0.3, 0.4) is 0 Å². The third kappa shape index (κ3) is 2.58. The number of carbonyl (C=O) groups excluding carboxylic acids is 1. The highest BCUT2D eigenvalue weighted by Crippen LogP contribution is 1.86. The minimum absolute atomic E-state index is 0.492.